The van der Waals surface area contributed by atoms with Crippen LogP contribution in [-0.2, 0) is 4.79 Å². The van der Waals surface area contributed by atoms with Crippen molar-refractivity contribution in [2.75, 3.05) is 0 Å². The summed E-state index contributed by atoms with van der Waals surface area (Å²) in [6.45, 7) is 7.98. The summed E-state index contributed by atoms with van der Waals surface area (Å²) in [7, 11) is 0. The number of rotatable bonds is 8. The molecule has 0 spiro atoms. The van der Waals surface area contributed by atoms with Gasteiger partial charge in [-0.2, -0.15) is 5.10 Å². The molecule has 0 saturated carbocycles. The molecular formula is C15H25N3O3. The number of hydrogen-bond acceptors (Lipinski definition) is 3. The van der Waals surface area contributed by atoms with Crippen LogP contribution in [0.25, 0.3) is 0 Å². The zero-order valence-electron chi connectivity index (χ0n) is 13.2. The van der Waals surface area contributed by atoms with Crippen molar-refractivity contribution in [3.8, 4) is 0 Å². The average molecular weight is 295 g/mol. The Morgan fingerprint density at radius 1 is 1.33 bits per heavy atom. The lowest BCUT2D eigenvalue weighted by molar-refractivity contribution is -0.139. The molecule has 6 heteroatoms. The maximum absolute atomic E-state index is 12.1. The first-order chi connectivity index (χ1) is 9.88. The minimum atomic E-state index is -1.02. The average Bonchev–Trinajstić information content (AvgIpc) is 2.88. The van der Waals surface area contributed by atoms with E-state index in [1.54, 1.807) is 16.9 Å². The molecule has 21 heavy (non-hydrogen) atoms. The molecule has 0 radical (unpaired) electrons. The van der Waals surface area contributed by atoms with Crippen LogP contribution in [0, 0.1) is 5.92 Å². The molecule has 0 aliphatic carbocycles. The quantitative estimate of drug-likeness (QED) is 0.771. The second kappa shape index (κ2) is 7.81. The van der Waals surface area contributed by atoms with Crippen molar-refractivity contribution in [1.29, 1.82) is 0 Å². The van der Waals surface area contributed by atoms with Crippen LogP contribution in [0.15, 0.2) is 12.3 Å². The molecule has 0 saturated heterocycles. The number of nitrogens with one attached hydrogen (secondary N) is 1. The molecule has 6 nitrogen and oxygen atoms in total. The lowest BCUT2D eigenvalue weighted by Gasteiger charge is -2.16. The Hall–Kier alpha value is -1.85. The van der Waals surface area contributed by atoms with E-state index in [2.05, 4.69) is 24.3 Å². The Labute approximate surface area is 125 Å². The van der Waals surface area contributed by atoms with Crippen LogP contribution in [0.5, 0.6) is 0 Å². The molecule has 0 bridgehead atoms. The monoisotopic (exact) mass is 295 g/mol. The fourth-order valence-electron chi connectivity index (χ4n) is 2.25. The summed E-state index contributed by atoms with van der Waals surface area (Å²) in [4.78, 5) is 23.3. The maximum Gasteiger partial charge on any atom is 0.326 e. The van der Waals surface area contributed by atoms with Crippen LogP contribution >= 0.6 is 0 Å². The first kappa shape index (κ1) is 17.2. The normalized spacial score (nSPS) is 12.7. The van der Waals surface area contributed by atoms with Gasteiger partial charge in [-0.05, 0) is 31.2 Å². The Balaban J connectivity index is 2.76. The predicted octanol–water partition coefficient (Wildman–Crippen LogP) is 2.47. The summed E-state index contributed by atoms with van der Waals surface area (Å²) in [6.07, 6.45) is 4.04. The Bertz CT molecular complexity index is 478. The predicted molar refractivity (Wildman–Crippen MR) is 80.2 cm³/mol. The number of carbonyl (C=O) groups is 2. The smallest absolute Gasteiger partial charge is 0.326 e. The number of hydrogen-bond donors (Lipinski definition) is 2. The number of carboxylic acid groups (broad SMARTS) is 1. The highest BCUT2D eigenvalue weighted by Gasteiger charge is 2.23. The van der Waals surface area contributed by atoms with Gasteiger partial charge in [-0.1, -0.05) is 27.7 Å². The van der Waals surface area contributed by atoms with E-state index >= 15 is 0 Å². The van der Waals surface area contributed by atoms with Gasteiger partial charge in [0.25, 0.3) is 5.91 Å². The van der Waals surface area contributed by atoms with Gasteiger partial charge in [-0.15, -0.1) is 0 Å². The third kappa shape index (κ3) is 4.88. The molecule has 0 aliphatic heterocycles. The molecule has 1 aromatic rings. The summed E-state index contributed by atoms with van der Waals surface area (Å²) in [5.74, 6) is -1.27. The Morgan fingerprint density at radius 2 is 1.95 bits per heavy atom. The van der Waals surface area contributed by atoms with E-state index in [-0.39, 0.29) is 17.7 Å². The molecule has 0 aliphatic rings. The van der Waals surface area contributed by atoms with Crippen LogP contribution in [0.3, 0.4) is 0 Å². The van der Waals surface area contributed by atoms with E-state index in [1.165, 1.54) is 0 Å². The zero-order valence-corrected chi connectivity index (χ0v) is 13.2. The third-order valence-corrected chi connectivity index (χ3v) is 3.47. The second-order valence-corrected chi connectivity index (χ2v) is 5.65. The van der Waals surface area contributed by atoms with Crippen molar-refractivity contribution >= 4 is 11.9 Å². The van der Waals surface area contributed by atoms with Crippen molar-refractivity contribution < 1.29 is 14.7 Å². The largest absolute Gasteiger partial charge is 0.480 e. The van der Waals surface area contributed by atoms with Crippen LogP contribution in [0.2, 0.25) is 0 Å². The van der Waals surface area contributed by atoms with Gasteiger partial charge in [0.05, 0.1) is 6.04 Å². The van der Waals surface area contributed by atoms with Crippen molar-refractivity contribution in [2.24, 2.45) is 5.92 Å². The molecule has 2 N–H and O–H groups in total. The molecular weight excluding hydrogens is 270 g/mol. The summed E-state index contributed by atoms with van der Waals surface area (Å²) in [5.41, 5.74) is 0.261. The second-order valence-electron chi connectivity index (χ2n) is 5.65. The summed E-state index contributed by atoms with van der Waals surface area (Å²) in [5, 5.41) is 15.9. The van der Waals surface area contributed by atoms with Gasteiger partial charge in [0.1, 0.15) is 11.7 Å². The topological polar surface area (TPSA) is 84.2 Å². The number of nitrogens with zero attached hydrogens (tertiary/aromatic N) is 2. The van der Waals surface area contributed by atoms with Gasteiger partial charge in [-0.3, -0.25) is 9.48 Å². The van der Waals surface area contributed by atoms with Gasteiger partial charge in [0.15, 0.2) is 0 Å². The van der Waals surface area contributed by atoms with Crippen LogP contribution in [-0.4, -0.2) is 32.8 Å². The minimum Gasteiger partial charge on any atom is -0.480 e. The van der Waals surface area contributed by atoms with E-state index < -0.39 is 17.9 Å². The fourth-order valence-corrected chi connectivity index (χ4v) is 2.25. The van der Waals surface area contributed by atoms with Crippen LogP contribution in [0.1, 0.15) is 63.5 Å². The lowest BCUT2D eigenvalue weighted by Crippen LogP contribution is -2.41. The molecule has 1 aromatic heterocycles. The molecule has 0 fully saturated rings. The number of amides is 1. The molecule has 1 unspecified atom stereocenters. The molecule has 1 amide bonds. The van der Waals surface area contributed by atoms with E-state index in [0.717, 1.165) is 12.8 Å². The fraction of sp³-hybridized carbons (Fsp3) is 0.667. The summed E-state index contributed by atoms with van der Waals surface area (Å²) >= 11 is 0. The van der Waals surface area contributed by atoms with E-state index in [1.807, 2.05) is 13.8 Å². The van der Waals surface area contributed by atoms with Crippen molar-refractivity contribution in [2.45, 2.75) is 59.0 Å². The number of aliphatic carboxylic acids is 1. The Kier molecular flexibility index (Phi) is 6.39. The number of carboxylic acids is 1. The minimum absolute atomic E-state index is 0.188. The van der Waals surface area contributed by atoms with Gasteiger partial charge >= 0.3 is 5.97 Å². The lowest BCUT2D eigenvalue weighted by atomic mass is 10.0. The molecule has 0 aromatic carbocycles. The van der Waals surface area contributed by atoms with Gasteiger partial charge in [0.2, 0.25) is 0 Å². The highest BCUT2D eigenvalue weighted by atomic mass is 16.4. The van der Waals surface area contributed by atoms with E-state index in [0.29, 0.717) is 6.42 Å². The first-order valence-corrected chi connectivity index (χ1v) is 7.47. The molecule has 1 heterocycles. The van der Waals surface area contributed by atoms with E-state index in [9.17, 15) is 9.59 Å². The first-order valence-electron chi connectivity index (χ1n) is 7.47. The van der Waals surface area contributed by atoms with Crippen LogP contribution < -0.4 is 5.32 Å². The van der Waals surface area contributed by atoms with Crippen molar-refractivity contribution in [1.82, 2.24) is 15.1 Å². The van der Waals surface area contributed by atoms with Crippen molar-refractivity contribution in [3.05, 3.63) is 18.0 Å². The SMILES string of the molecule is CCC(CC)n1ccc(C(=O)NC(CC(C)C)C(=O)O)n1. The van der Waals surface area contributed by atoms with Gasteiger partial charge in [-0.25, -0.2) is 4.79 Å². The number of carbonyl (C=O) groups excluding carboxylic acids is 1. The van der Waals surface area contributed by atoms with Crippen molar-refractivity contribution in [3.63, 3.8) is 0 Å². The summed E-state index contributed by atoms with van der Waals surface area (Å²) < 4.78 is 1.77. The van der Waals surface area contributed by atoms with E-state index in [4.69, 9.17) is 5.11 Å². The molecule has 1 atom stereocenters. The maximum atomic E-state index is 12.1. The summed E-state index contributed by atoms with van der Waals surface area (Å²) in [6, 6.07) is 1.01. The molecule has 118 valence electrons. The molecule has 1 rings (SSSR count). The van der Waals surface area contributed by atoms with Gasteiger partial charge < -0.3 is 10.4 Å². The number of aromatic nitrogens is 2. The highest BCUT2D eigenvalue weighted by Crippen LogP contribution is 2.14. The zero-order chi connectivity index (χ0) is 16.0. The highest BCUT2D eigenvalue weighted by molar-refractivity contribution is 5.94. The standard InChI is InChI=1S/C15H25N3O3/c1-5-11(6-2)18-8-7-12(17-18)14(19)16-13(15(20)21)9-10(3)4/h7-8,10-11,13H,5-6,9H2,1-4H3,(H,16,19)(H,20,21). The third-order valence-electron chi connectivity index (χ3n) is 3.47. The van der Waals surface area contributed by atoms with Gasteiger partial charge in [0, 0.05) is 6.20 Å². The Morgan fingerprint density at radius 3 is 2.43 bits per heavy atom. The van der Waals surface area contributed by atoms with Crippen LogP contribution in [0.4, 0.5) is 0 Å².